The molecule has 1 heterocycles. The van der Waals surface area contributed by atoms with Gasteiger partial charge in [0.1, 0.15) is 0 Å². The lowest BCUT2D eigenvalue weighted by atomic mass is 10.5. The van der Waals surface area contributed by atoms with Crippen LogP contribution in [0.15, 0.2) is 0 Å². The summed E-state index contributed by atoms with van der Waals surface area (Å²) in [6.45, 7) is 7.01. The van der Waals surface area contributed by atoms with Crippen LogP contribution in [0.5, 0.6) is 0 Å². The fourth-order valence-corrected chi connectivity index (χ4v) is 4.53. The Morgan fingerprint density at radius 2 is 1.77 bits per heavy atom. The zero-order valence-electron chi connectivity index (χ0n) is 8.77. The Kier molecular flexibility index (Phi) is 4.94. The minimum absolute atomic E-state index is 0.836. The van der Waals surface area contributed by atoms with Crippen molar-refractivity contribution in [3.63, 3.8) is 0 Å². The van der Waals surface area contributed by atoms with E-state index in [1.165, 1.54) is 6.42 Å². The fourth-order valence-electron chi connectivity index (χ4n) is 1.51. The third kappa shape index (κ3) is 3.38. The molecular weight excluding hydrogens is 182 g/mol. The second kappa shape index (κ2) is 5.75. The standard InChI is InChI=1S/C9H21NO2Si/c1-3-7-11-13(12-8-4-2)9-5-6-10-13/h10H,3-9H2,1-2H3. The number of rotatable bonds is 6. The minimum Gasteiger partial charge on any atom is -0.383 e. The molecule has 0 aromatic rings. The third-order valence-electron chi connectivity index (χ3n) is 2.16. The summed E-state index contributed by atoms with van der Waals surface area (Å²) in [6.07, 6.45) is 3.36. The van der Waals surface area contributed by atoms with E-state index >= 15 is 0 Å². The summed E-state index contributed by atoms with van der Waals surface area (Å²) in [4.78, 5) is 3.43. The Hall–Kier alpha value is 0.0969. The van der Waals surface area contributed by atoms with Gasteiger partial charge in [-0.1, -0.05) is 13.8 Å². The highest BCUT2D eigenvalue weighted by molar-refractivity contribution is 6.65. The molecule has 0 unspecified atom stereocenters. The van der Waals surface area contributed by atoms with Gasteiger partial charge in [-0.15, -0.1) is 0 Å². The van der Waals surface area contributed by atoms with E-state index in [0.717, 1.165) is 38.6 Å². The van der Waals surface area contributed by atoms with Crippen molar-refractivity contribution in [2.45, 2.75) is 39.2 Å². The van der Waals surface area contributed by atoms with E-state index in [1.807, 2.05) is 0 Å². The van der Waals surface area contributed by atoms with Gasteiger partial charge >= 0.3 is 8.72 Å². The Balaban J connectivity index is 2.33. The summed E-state index contributed by atoms with van der Waals surface area (Å²) in [6, 6.07) is 1.12. The van der Waals surface area contributed by atoms with Crippen molar-refractivity contribution in [3.8, 4) is 0 Å². The molecule has 0 atom stereocenters. The molecule has 0 amide bonds. The summed E-state index contributed by atoms with van der Waals surface area (Å²) in [7, 11) is -1.92. The van der Waals surface area contributed by atoms with Gasteiger partial charge in [0.2, 0.25) is 0 Å². The van der Waals surface area contributed by atoms with E-state index < -0.39 is 8.72 Å². The van der Waals surface area contributed by atoms with Crippen molar-refractivity contribution in [1.82, 2.24) is 4.98 Å². The molecule has 1 saturated heterocycles. The first-order valence-corrected chi connectivity index (χ1v) is 7.38. The van der Waals surface area contributed by atoms with Crippen LogP contribution in [0.25, 0.3) is 0 Å². The van der Waals surface area contributed by atoms with Gasteiger partial charge in [0.15, 0.2) is 0 Å². The predicted octanol–water partition coefficient (Wildman–Crippen LogP) is 1.77. The third-order valence-corrected chi connectivity index (χ3v) is 5.30. The first-order chi connectivity index (χ1) is 6.33. The molecule has 0 aromatic heterocycles. The van der Waals surface area contributed by atoms with Crippen LogP contribution < -0.4 is 4.98 Å². The minimum atomic E-state index is -1.92. The number of nitrogens with one attached hydrogen (secondary N) is 1. The van der Waals surface area contributed by atoms with Gasteiger partial charge in [0, 0.05) is 19.3 Å². The van der Waals surface area contributed by atoms with E-state index in [0.29, 0.717) is 0 Å². The van der Waals surface area contributed by atoms with Gasteiger partial charge in [-0.3, -0.25) is 4.98 Å². The molecule has 1 N–H and O–H groups in total. The van der Waals surface area contributed by atoms with Gasteiger partial charge in [-0.2, -0.15) is 0 Å². The maximum atomic E-state index is 5.85. The molecule has 1 rings (SSSR count). The maximum Gasteiger partial charge on any atom is 0.425 e. The van der Waals surface area contributed by atoms with E-state index in [2.05, 4.69) is 18.8 Å². The lowest BCUT2D eigenvalue weighted by Gasteiger charge is -2.25. The monoisotopic (exact) mass is 203 g/mol. The lowest BCUT2D eigenvalue weighted by Crippen LogP contribution is -2.52. The molecule has 1 aliphatic rings. The fraction of sp³-hybridized carbons (Fsp3) is 1.00. The van der Waals surface area contributed by atoms with Crippen LogP contribution in [0, 0.1) is 0 Å². The molecule has 0 saturated carbocycles. The first kappa shape index (κ1) is 11.2. The van der Waals surface area contributed by atoms with Crippen molar-refractivity contribution in [2.24, 2.45) is 0 Å². The summed E-state index contributed by atoms with van der Waals surface area (Å²) in [5.74, 6) is 0. The van der Waals surface area contributed by atoms with Crippen LogP contribution in [0.1, 0.15) is 33.1 Å². The van der Waals surface area contributed by atoms with Crippen molar-refractivity contribution in [2.75, 3.05) is 19.8 Å². The smallest absolute Gasteiger partial charge is 0.383 e. The van der Waals surface area contributed by atoms with Crippen LogP contribution >= 0.6 is 0 Å². The van der Waals surface area contributed by atoms with Gasteiger partial charge in [-0.25, -0.2) is 0 Å². The summed E-state index contributed by atoms with van der Waals surface area (Å²) in [5, 5.41) is 0. The highest BCUT2D eigenvalue weighted by atomic mass is 28.4. The average molecular weight is 203 g/mol. The molecule has 0 spiro atoms. The maximum absolute atomic E-state index is 5.85. The molecule has 78 valence electrons. The van der Waals surface area contributed by atoms with E-state index in [-0.39, 0.29) is 0 Å². The zero-order chi connectivity index (χ0) is 9.57. The topological polar surface area (TPSA) is 30.5 Å². The Labute approximate surface area is 82.1 Å². The van der Waals surface area contributed by atoms with Crippen molar-refractivity contribution < 1.29 is 8.85 Å². The molecule has 13 heavy (non-hydrogen) atoms. The van der Waals surface area contributed by atoms with Gasteiger partial charge in [0.05, 0.1) is 0 Å². The van der Waals surface area contributed by atoms with E-state index in [9.17, 15) is 0 Å². The first-order valence-electron chi connectivity index (χ1n) is 5.36. The van der Waals surface area contributed by atoms with Crippen LogP contribution in [0.4, 0.5) is 0 Å². The lowest BCUT2D eigenvalue weighted by molar-refractivity contribution is 0.164. The molecule has 4 heteroatoms. The van der Waals surface area contributed by atoms with Crippen LogP contribution in [-0.2, 0) is 8.85 Å². The largest absolute Gasteiger partial charge is 0.425 e. The molecular formula is C9H21NO2Si. The van der Waals surface area contributed by atoms with Gasteiger partial charge < -0.3 is 8.85 Å². The molecule has 0 bridgehead atoms. The van der Waals surface area contributed by atoms with Crippen molar-refractivity contribution >= 4 is 8.72 Å². The van der Waals surface area contributed by atoms with Gasteiger partial charge in [0.25, 0.3) is 0 Å². The second-order valence-electron chi connectivity index (χ2n) is 3.48. The number of hydrogen-bond donors (Lipinski definition) is 1. The molecule has 1 aliphatic heterocycles. The van der Waals surface area contributed by atoms with Crippen LogP contribution in [0.2, 0.25) is 6.04 Å². The van der Waals surface area contributed by atoms with Gasteiger partial charge in [-0.05, 0) is 25.8 Å². The molecule has 3 nitrogen and oxygen atoms in total. The second-order valence-corrected chi connectivity index (χ2v) is 6.42. The van der Waals surface area contributed by atoms with Crippen molar-refractivity contribution in [1.29, 1.82) is 0 Å². The van der Waals surface area contributed by atoms with E-state index in [4.69, 9.17) is 8.85 Å². The van der Waals surface area contributed by atoms with Crippen molar-refractivity contribution in [3.05, 3.63) is 0 Å². The summed E-state index contributed by atoms with van der Waals surface area (Å²) >= 11 is 0. The van der Waals surface area contributed by atoms with Crippen LogP contribution in [0.3, 0.4) is 0 Å². The SMILES string of the molecule is CCCO[Si]1(OCCC)CCCN1. The zero-order valence-corrected chi connectivity index (χ0v) is 9.77. The average Bonchev–Trinajstić information content (AvgIpc) is 2.61. The normalized spacial score (nSPS) is 20.8. The van der Waals surface area contributed by atoms with E-state index in [1.54, 1.807) is 0 Å². The highest BCUT2D eigenvalue weighted by Gasteiger charge is 2.41. The number of hydrogen-bond acceptors (Lipinski definition) is 3. The molecule has 1 fully saturated rings. The van der Waals surface area contributed by atoms with Crippen LogP contribution in [-0.4, -0.2) is 28.5 Å². The molecule has 0 aromatic carbocycles. The molecule has 0 radical (unpaired) electrons. The Morgan fingerprint density at radius 3 is 2.15 bits per heavy atom. The highest BCUT2D eigenvalue weighted by Crippen LogP contribution is 2.18. The quantitative estimate of drug-likeness (QED) is 0.667. The summed E-state index contributed by atoms with van der Waals surface area (Å²) < 4.78 is 11.7. The molecule has 0 aliphatic carbocycles. The Morgan fingerprint density at radius 1 is 1.15 bits per heavy atom. The summed E-state index contributed by atoms with van der Waals surface area (Å²) in [5.41, 5.74) is 0. The predicted molar refractivity (Wildman–Crippen MR) is 55.7 cm³/mol. The Bertz CT molecular complexity index is 128.